The van der Waals surface area contributed by atoms with Crippen LogP contribution in [0, 0.1) is 0 Å². The first-order chi connectivity index (χ1) is 7.43. The fraction of sp³-hybridized carbons (Fsp3) is 0.818. The first kappa shape index (κ1) is 13.0. The molecule has 5 nitrogen and oxygen atoms in total. The van der Waals surface area contributed by atoms with Crippen molar-refractivity contribution in [2.75, 3.05) is 6.54 Å². The summed E-state index contributed by atoms with van der Waals surface area (Å²) in [4.78, 5) is 22.7. The number of hydrogen-bond acceptors (Lipinski definition) is 3. The highest BCUT2D eigenvalue weighted by molar-refractivity contribution is 5.89. The molecule has 0 aromatic rings. The van der Waals surface area contributed by atoms with Crippen molar-refractivity contribution in [2.45, 2.75) is 51.1 Å². The zero-order chi connectivity index (χ0) is 12.2. The first-order valence-corrected chi connectivity index (χ1v) is 5.72. The number of carboxylic acids is 1. The molecule has 1 amide bonds. The summed E-state index contributed by atoms with van der Waals surface area (Å²) in [6, 6.07) is -0.249. The van der Waals surface area contributed by atoms with Gasteiger partial charge in [0.25, 0.3) is 0 Å². The molecule has 0 aromatic heterocycles. The molecule has 16 heavy (non-hydrogen) atoms. The fourth-order valence-corrected chi connectivity index (χ4v) is 1.70. The van der Waals surface area contributed by atoms with Crippen LogP contribution in [0.5, 0.6) is 0 Å². The van der Waals surface area contributed by atoms with Crippen LogP contribution in [0.4, 0.5) is 0 Å². The zero-order valence-corrected chi connectivity index (χ0v) is 9.88. The van der Waals surface area contributed by atoms with E-state index < -0.39 is 11.5 Å². The quantitative estimate of drug-likeness (QED) is 0.657. The van der Waals surface area contributed by atoms with E-state index in [0.29, 0.717) is 0 Å². The Morgan fingerprint density at radius 1 is 1.31 bits per heavy atom. The minimum Gasteiger partial charge on any atom is -0.480 e. The van der Waals surface area contributed by atoms with Crippen molar-refractivity contribution >= 4 is 11.9 Å². The third-order valence-corrected chi connectivity index (χ3v) is 2.85. The van der Waals surface area contributed by atoms with Gasteiger partial charge in [0.2, 0.25) is 5.91 Å². The average molecular weight is 228 g/mol. The summed E-state index contributed by atoms with van der Waals surface area (Å²) < 4.78 is 0. The number of carbonyl (C=O) groups excluding carboxylic acids is 1. The molecule has 1 aliphatic rings. The van der Waals surface area contributed by atoms with E-state index >= 15 is 0 Å². The summed E-state index contributed by atoms with van der Waals surface area (Å²) in [6.07, 6.45) is 3.99. The molecule has 1 rings (SSSR count). The fourth-order valence-electron chi connectivity index (χ4n) is 1.70. The topological polar surface area (TPSA) is 78.4 Å². The molecule has 1 heterocycles. The average Bonchev–Trinajstić information content (AvgIpc) is 2.44. The number of nitrogens with one attached hydrogen (secondary N) is 2. The second-order valence-electron chi connectivity index (χ2n) is 4.78. The van der Waals surface area contributed by atoms with Crippen molar-refractivity contribution in [2.24, 2.45) is 0 Å². The molecule has 0 spiro atoms. The molecule has 1 fully saturated rings. The molecule has 0 aliphatic carbocycles. The number of carboxylic acid groups (broad SMARTS) is 1. The molecule has 0 radical (unpaired) electrons. The second-order valence-corrected chi connectivity index (χ2v) is 4.78. The third-order valence-electron chi connectivity index (χ3n) is 2.85. The van der Waals surface area contributed by atoms with E-state index in [1.54, 1.807) is 0 Å². The van der Waals surface area contributed by atoms with Gasteiger partial charge in [-0.1, -0.05) is 12.8 Å². The predicted octanol–water partition coefficient (Wildman–Crippen LogP) is 0.498. The Labute approximate surface area is 95.6 Å². The third kappa shape index (κ3) is 3.48. The zero-order valence-electron chi connectivity index (χ0n) is 9.88. The summed E-state index contributed by atoms with van der Waals surface area (Å²) in [5, 5.41) is 14.6. The maximum absolute atomic E-state index is 11.8. The van der Waals surface area contributed by atoms with E-state index in [4.69, 9.17) is 5.11 Å². The maximum Gasteiger partial charge on any atom is 0.328 e. The van der Waals surface area contributed by atoms with E-state index in [9.17, 15) is 9.59 Å². The van der Waals surface area contributed by atoms with E-state index in [2.05, 4.69) is 10.6 Å². The van der Waals surface area contributed by atoms with Gasteiger partial charge in [-0.3, -0.25) is 4.79 Å². The molecule has 1 aliphatic heterocycles. The number of rotatable bonds is 3. The normalized spacial score (nSPS) is 22.2. The number of amides is 1. The van der Waals surface area contributed by atoms with Crippen molar-refractivity contribution in [3.8, 4) is 0 Å². The van der Waals surface area contributed by atoms with Crippen LogP contribution in [0.2, 0.25) is 0 Å². The number of hydrogen-bond donors (Lipinski definition) is 3. The van der Waals surface area contributed by atoms with Crippen LogP contribution in [-0.4, -0.2) is 35.1 Å². The highest BCUT2D eigenvalue weighted by Crippen LogP contribution is 2.10. The van der Waals surface area contributed by atoms with Gasteiger partial charge in [0, 0.05) is 0 Å². The van der Waals surface area contributed by atoms with Gasteiger partial charge in [-0.15, -0.1) is 0 Å². The van der Waals surface area contributed by atoms with Crippen LogP contribution in [0.1, 0.15) is 39.5 Å². The lowest BCUT2D eigenvalue weighted by molar-refractivity contribution is -0.146. The number of carbonyl (C=O) groups is 2. The SMILES string of the molecule is CC(C)(NC(=O)C1CCCCCN1)C(=O)O. The smallest absolute Gasteiger partial charge is 0.328 e. The summed E-state index contributed by atoms with van der Waals surface area (Å²) in [7, 11) is 0. The molecule has 92 valence electrons. The molecular weight excluding hydrogens is 208 g/mol. The van der Waals surface area contributed by atoms with E-state index in [0.717, 1.165) is 32.2 Å². The van der Waals surface area contributed by atoms with Crippen molar-refractivity contribution in [1.82, 2.24) is 10.6 Å². The minimum absolute atomic E-state index is 0.214. The van der Waals surface area contributed by atoms with E-state index in [-0.39, 0.29) is 11.9 Å². The Morgan fingerprint density at radius 2 is 2.00 bits per heavy atom. The largest absolute Gasteiger partial charge is 0.480 e. The van der Waals surface area contributed by atoms with Gasteiger partial charge in [-0.05, 0) is 33.2 Å². The van der Waals surface area contributed by atoms with Gasteiger partial charge in [0.1, 0.15) is 5.54 Å². The molecule has 1 saturated heterocycles. The van der Waals surface area contributed by atoms with Gasteiger partial charge in [-0.2, -0.15) is 0 Å². The summed E-state index contributed by atoms with van der Waals surface area (Å²) in [5.74, 6) is -1.23. The highest BCUT2D eigenvalue weighted by Gasteiger charge is 2.31. The van der Waals surface area contributed by atoms with Gasteiger partial charge >= 0.3 is 5.97 Å². The van der Waals surface area contributed by atoms with E-state index in [1.165, 1.54) is 13.8 Å². The van der Waals surface area contributed by atoms with Crippen molar-refractivity contribution in [3.05, 3.63) is 0 Å². The van der Waals surface area contributed by atoms with Crippen LogP contribution in [0.15, 0.2) is 0 Å². The van der Waals surface area contributed by atoms with E-state index in [1.807, 2.05) is 0 Å². The van der Waals surface area contributed by atoms with Crippen LogP contribution in [0.3, 0.4) is 0 Å². The Bertz CT molecular complexity index is 268. The summed E-state index contributed by atoms with van der Waals surface area (Å²) >= 11 is 0. The predicted molar refractivity (Wildman–Crippen MR) is 60.1 cm³/mol. The Morgan fingerprint density at radius 3 is 2.62 bits per heavy atom. The molecule has 5 heteroatoms. The first-order valence-electron chi connectivity index (χ1n) is 5.72. The Balaban J connectivity index is 2.53. The van der Waals surface area contributed by atoms with Crippen molar-refractivity contribution in [1.29, 1.82) is 0 Å². The molecule has 0 saturated carbocycles. The van der Waals surface area contributed by atoms with Gasteiger partial charge in [0.15, 0.2) is 0 Å². The molecule has 3 N–H and O–H groups in total. The van der Waals surface area contributed by atoms with Crippen LogP contribution >= 0.6 is 0 Å². The lowest BCUT2D eigenvalue weighted by Gasteiger charge is -2.24. The van der Waals surface area contributed by atoms with Crippen LogP contribution in [-0.2, 0) is 9.59 Å². The van der Waals surface area contributed by atoms with Crippen LogP contribution < -0.4 is 10.6 Å². The summed E-state index contributed by atoms with van der Waals surface area (Å²) in [6.45, 7) is 3.81. The summed E-state index contributed by atoms with van der Waals surface area (Å²) in [5.41, 5.74) is -1.20. The Kier molecular flexibility index (Phi) is 4.29. The molecule has 1 unspecified atom stereocenters. The lowest BCUT2D eigenvalue weighted by Crippen LogP contribution is -2.55. The lowest BCUT2D eigenvalue weighted by atomic mass is 10.0. The van der Waals surface area contributed by atoms with Gasteiger partial charge in [0.05, 0.1) is 6.04 Å². The Hall–Kier alpha value is -1.10. The monoisotopic (exact) mass is 228 g/mol. The number of aliphatic carboxylic acids is 1. The minimum atomic E-state index is -1.20. The van der Waals surface area contributed by atoms with Gasteiger partial charge in [-0.25, -0.2) is 4.79 Å². The molecule has 0 bridgehead atoms. The molecule has 1 atom stereocenters. The highest BCUT2D eigenvalue weighted by atomic mass is 16.4. The van der Waals surface area contributed by atoms with Crippen molar-refractivity contribution in [3.63, 3.8) is 0 Å². The van der Waals surface area contributed by atoms with Crippen LogP contribution in [0.25, 0.3) is 0 Å². The van der Waals surface area contributed by atoms with Gasteiger partial charge < -0.3 is 15.7 Å². The van der Waals surface area contributed by atoms with Crippen molar-refractivity contribution < 1.29 is 14.7 Å². The molecule has 0 aromatic carbocycles. The molecular formula is C11H20N2O3. The second kappa shape index (κ2) is 5.30. The maximum atomic E-state index is 11.8. The standard InChI is InChI=1S/C11H20N2O3/c1-11(2,10(15)16)13-9(14)8-6-4-3-5-7-12-8/h8,12H,3-7H2,1-2H3,(H,13,14)(H,15,16).